The number of rotatable bonds is 3. The number of nitro benzene ring substituents is 1. The molecule has 0 amide bonds. The van der Waals surface area contributed by atoms with E-state index in [0.29, 0.717) is 0 Å². The average Bonchev–Trinajstić information content (AvgIpc) is 2.15. The van der Waals surface area contributed by atoms with Crippen LogP contribution >= 0.6 is 11.6 Å². The normalized spacial score (nSPS) is 9.24. The van der Waals surface area contributed by atoms with E-state index in [1.807, 2.05) is 0 Å². The van der Waals surface area contributed by atoms with Crippen LogP contribution in [0.25, 0.3) is 0 Å². The third-order valence-electron chi connectivity index (χ3n) is 1.76. The van der Waals surface area contributed by atoms with Gasteiger partial charge in [0.05, 0.1) is 10.5 Å². The van der Waals surface area contributed by atoms with Gasteiger partial charge in [0.1, 0.15) is 5.02 Å². The molecule has 9 heteroatoms. The number of carboxylic acids is 2. The molecular weight excluding hydrogens is 329 g/mol. The Morgan fingerprint density at radius 2 is 1.76 bits per heavy atom. The number of benzene rings is 1. The molecule has 0 saturated heterocycles. The van der Waals surface area contributed by atoms with Crippen LogP contribution in [0.3, 0.4) is 0 Å². The van der Waals surface area contributed by atoms with Gasteiger partial charge in [-0.25, -0.2) is 9.59 Å². The number of carboxylic acid groups (broad SMARTS) is 2. The maximum absolute atomic E-state index is 10.8. The van der Waals surface area contributed by atoms with Crippen molar-refractivity contribution in [3.8, 4) is 0 Å². The Bertz CT molecular complexity index is 503. The molecule has 0 aliphatic carbocycles. The van der Waals surface area contributed by atoms with Crippen molar-refractivity contribution >= 4 is 74.7 Å². The first-order chi connectivity index (χ1) is 7.36. The Morgan fingerprint density at radius 1 is 1.24 bits per heavy atom. The molecule has 0 atom stereocenters. The van der Waals surface area contributed by atoms with Crippen LogP contribution in [0, 0.1) is 10.1 Å². The molecule has 0 spiro atoms. The Balaban J connectivity index is 0.00000256. The second-order valence-electron chi connectivity index (χ2n) is 2.69. The van der Waals surface area contributed by atoms with Gasteiger partial charge in [-0.15, -0.1) is 0 Å². The minimum absolute atomic E-state index is 0. The number of carbonyl (C=O) groups is 2. The molecule has 1 aromatic carbocycles. The van der Waals surface area contributed by atoms with Crippen molar-refractivity contribution in [2.24, 2.45) is 0 Å². The van der Waals surface area contributed by atoms with Crippen molar-refractivity contribution in [1.29, 1.82) is 0 Å². The van der Waals surface area contributed by atoms with E-state index in [-0.39, 0.29) is 45.5 Å². The first-order valence-corrected chi connectivity index (χ1v) is 4.17. The van der Waals surface area contributed by atoms with Crippen molar-refractivity contribution in [2.45, 2.75) is 0 Å². The van der Waals surface area contributed by atoms with Gasteiger partial charge in [-0.1, -0.05) is 11.6 Å². The van der Waals surface area contributed by atoms with Gasteiger partial charge in [0.25, 0.3) is 0 Å². The van der Waals surface area contributed by atoms with Crippen LogP contribution in [0.4, 0.5) is 5.69 Å². The van der Waals surface area contributed by atoms with Crippen LogP contribution in [0.1, 0.15) is 20.7 Å². The third-order valence-corrected chi connectivity index (χ3v) is 2.06. The van der Waals surface area contributed by atoms with E-state index in [4.69, 9.17) is 21.8 Å². The van der Waals surface area contributed by atoms with E-state index in [1.165, 1.54) is 0 Å². The molecule has 2 N–H and O–H groups in total. The van der Waals surface area contributed by atoms with Crippen LogP contribution in [0.15, 0.2) is 12.1 Å². The van der Waals surface area contributed by atoms with Gasteiger partial charge >= 0.3 is 63.1 Å². The zero-order valence-electron chi connectivity index (χ0n) is 7.51. The van der Waals surface area contributed by atoms with E-state index in [2.05, 4.69) is 0 Å². The van der Waals surface area contributed by atoms with E-state index >= 15 is 0 Å². The summed E-state index contributed by atoms with van der Waals surface area (Å²) in [4.78, 5) is 31.0. The monoisotopic (exact) mass is 335 g/mol. The predicted molar refractivity (Wildman–Crippen MR) is 60.6 cm³/mol. The van der Waals surface area contributed by atoms with Crippen molar-refractivity contribution in [3.05, 3.63) is 38.4 Å². The fourth-order valence-corrected chi connectivity index (χ4v) is 1.37. The number of nitro groups is 1. The van der Waals surface area contributed by atoms with Gasteiger partial charge in [-0.2, -0.15) is 0 Å². The summed E-state index contributed by atoms with van der Waals surface area (Å²) in [5, 5.41) is 27.6. The standard InChI is InChI=1S/C8H4ClNO6.Sr.2H/c9-4-2-1-3(7(11)12)5(8(13)14)6(4)10(15)16;;;/h1-2H,(H,11,12)(H,13,14);;;. The van der Waals surface area contributed by atoms with Crippen LogP contribution in [0.5, 0.6) is 0 Å². The van der Waals surface area contributed by atoms with Gasteiger partial charge in [-0.05, 0) is 12.1 Å². The maximum atomic E-state index is 10.8. The van der Waals surface area contributed by atoms with Gasteiger partial charge < -0.3 is 10.2 Å². The van der Waals surface area contributed by atoms with Crippen molar-refractivity contribution in [1.82, 2.24) is 0 Å². The summed E-state index contributed by atoms with van der Waals surface area (Å²) in [6.45, 7) is 0. The Kier molecular flexibility index (Phi) is 6.07. The Labute approximate surface area is 136 Å². The van der Waals surface area contributed by atoms with E-state index < -0.39 is 38.7 Å². The zero-order valence-corrected chi connectivity index (χ0v) is 8.26. The van der Waals surface area contributed by atoms with Gasteiger partial charge in [-0.3, -0.25) is 10.1 Å². The number of aromatic carboxylic acids is 2. The summed E-state index contributed by atoms with van der Waals surface area (Å²) < 4.78 is 0. The minimum atomic E-state index is -1.72. The molecule has 0 unspecified atom stereocenters. The second-order valence-corrected chi connectivity index (χ2v) is 3.09. The molecule has 0 aromatic heterocycles. The van der Waals surface area contributed by atoms with Crippen molar-refractivity contribution in [2.75, 3.05) is 0 Å². The van der Waals surface area contributed by atoms with E-state index in [1.54, 1.807) is 0 Å². The molecule has 0 aliphatic rings. The molecule has 88 valence electrons. The summed E-state index contributed by atoms with van der Waals surface area (Å²) in [7, 11) is 0. The molecule has 1 aromatic rings. The molecule has 0 fully saturated rings. The Hall–Kier alpha value is -0.669. The number of hydrogen-bond acceptors (Lipinski definition) is 4. The summed E-state index contributed by atoms with van der Waals surface area (Å²) in [5.41, 5.74) is -2.53. The summed E-state index contributed by atoms with van der Waals surface area (Å²) in [6, 6.07) is 1.87. The van der Waals surface area contributed by atoms with Crippen LogP contribution < -0.4 is 0 Å². The van der Waals surface area contributed by atoms with Gasteiger partial charge in [0.2, 0.25) is 0 Å². The molecular formula is C8H6ClNO6Sr. The van der Waals surface area contributed by atoms with Crippen molar-refractivity contribution in [3.63, 3.8) is 0 Å². The van der Waals surface area contributed by atoms with Crippen LogP contribution in [-0.2, 0) is 0 Å². The summed E-state index contributed by atoms with van der Waals surface area (Å²) >= 11 is 5.45. The number of nitrogens with zero attached hydrogens (tertiary/aromatic N) is 1. The summed E-state index contributed by atoms with van der Waals surface area (Å²) in [5.74, 6) is -3.29. The Morgan fingerprint density at radius 3 is 2.12 bits per heavy atom. The molecule has 7 nitrogen and oxygen atoms in total. The molecule has 0 saturated carbocycles. The zero-order chi connectivity index (χ0) is 12.5. The van der Waals surface area contributed by atoms with Crippen LogP contribution in [-0.4, -0.2) is 72.6 Å². The van der Waals surface area contributed by atoms with Crippen LogP contribution in [0.2, 0.25) is 5.02 Å². The fraction of sp³-hybridized carbons (Fsp3) is 0. The molecule has 0 heterocycles. The third kappa shape index (κ3) is 3.39. The van der Waals surface area contributed by atoms with E-state index in [9.17, 15) is 19.7 Å². The fourth-order valence-electron chi connectivity index (χ4n) is 1.14. The molecule has 0 aliphatic heterocycles. The quantitative estimate of drug-likeness (QED) is 0.478. The number of halogens is 1. The van der Waals surface area contributed by atoms with Crippen molar-refractivity contribution < 1.29 is 24.7 Å². The summed E-state index contributed by atoms with van der Waals surface area (Å²) in [6.07, 6.45) is 0. The topological polar surface area (TPSA) is 118 Å². The number of hydrogen-bond donors (Lipinski definition) is 2. The van der Waals surface area contributed by atoms with Gasteiger partial charge in [0.15, 0.2) is 5.56 Å². The first kappa shape index (κ1) is 16.3. The predicted octanol–water partition coefficient (Wildman–Crippen LogP) is 0.728. The molecule has 17 heavy (non-hydrogen) atoms. The molecule has 1 rings (SSSR count). The molecule has 0 bridgehead atoms. The second kappa shape index (κ2) is 6.31. The SMILES string of the molecule is O=C(O)c1ccc(Cl)c([N+](=O)[O-])c1C(=O)O.[SrH2]. The average molecular weight is 335 g/mol. The molecule has 0 radical (unpaired) electrons. The first-order valence-electron chi connectivity index (χ1n) is 3.79. The van der Waals surface area contributed by atoms with E-state index in [0.717, 1.165) is 12.1 Å². The van der Waals surface area contributed by atoms with Gasteiger partial charge in [0, 0.05) is 0 Å².